The van der Waals surface area contributed by atoms with E-state index < -0.39 is 17.4 Å². The first kappa shape index (κ1) is 14.8. The molecule has 3 nitrogen and oxygen atoms in total. The largest absolute Gasteiger partial charge is 0.456 e. The van der Waals surface area contributed by atoms with Gasteiger partial charge in [0, 0.05) is 0 Å². The van der Waals surface area contributed by atoms with Gasteiger partial charge in [0.15, 0.2) is 9.04 Å². The standard InChI is InChI=1S/C10H23NO2Si2/c1-5-14(6-2)13-15(7-3,8-4)10-11-9-12/h14H,5-8,10H2,1-4H3. The summed E-state index contributed by atoms with van der Waals surface area (Å²) < 4.78 is 6.34. The van der Waals surface area contributed by atoms with Crippen LogP contribution in [0.15, 0.2) is 4.99 Å². The fraction of sp³-hybridized carbons (Fsp3) is 0.900. The molecular weight excluding hydrogens is 222 g/mol. The Bertz CT molecular complexity index is 209. The van der Waals surface area contributed by atoms with Gasteiger partial charge in [0.2, 0.25) is 14.4 Å². The van der Waals surface area contributed by atoms with Crippen molar-refractivity contribution < 1.29 is 8.91 Å². The molecule has 0 rings (SSSR count). The van der Waals surface area contributed by atoms with Gasteiger partial charge in [-0.1, -0.05) is 27.7 Å². The molecule has 0 N–H and O–H groups in total. The van der Waals surface area contributed by atoms with E-state index in [9.17, 15) is 4.79 Å². The Hall–Kier alpha value is -0.226. The first-order chi connectivity index (χ1) is 7.17. The Kier molecular flexibility index (Phi) is 7.87. The van der Waals surface area contributed by atoms with Gasteiger partial charge in [0.05, 0.1) is 6.17 Å². The number of rotatable bonds is 8. The Labute approximate surface area is 95.8 Å². The third-order valence-corrected chi connectivity index (χ3v) is 11.5. The molecule has 0 aliphatic rings. The molecular formula is C10H23NO2Si2. The van der Waals surface area contributed by atoms with Crippen LogP contribution in [0.1, 0.15) is 27.7 Å². The number of isocyanates is 1. The fourth-order valence-electron chi connectivity index (χ4n) is 1.66. The molecule has 0 aliphatic heterocycles. The van der Waals surface area contributed by atoms with Gasteiger partial charge in [-0.15, -0.1) is 0 Å². The normalized spacial score (nSPS) is 11.5. The van der Waals surface area contributed by atoms with E-state index in [0.717, 1.165) is 12.1 Å². The SMILES string of the molecule is CC[SiH](CC)O[Si](CC)(CC)CN=C=O. The monoisotopic (exact) mass is 245 g/mol. The minimum absolute atomic E-state index is 0.604. The lowest BCUT2D eigenvalue weighted by Gasteiger charge is -2.31. The smallest absolute Gasteiger partial charge is 0.234 e. The average molecular weight is 245 g/mol. The van der Waals surface area contributed by atoms with E-state index in [1.165, 1.54) is 12.1 Å². The zero-order valence-corrected chi connectivity index (χ0v) is 12.5. The highest BCUT2D eigenvalue weighted by Crippen LogP contribution is 2.20. The third kappa shape index (κ3) is 4.88. The van der Waals surface area contributed by atoms with Crippen LogP contribution < -0.4 is 0 Å². The van der Waals surface area contributed by atoms with Crippen molar-refractivity contribution in [2.45, 2.75) is 51.9 Å². The molecule has 0 atom stereocenters. The lowest BCUT2D eigenvalue weighted by atomic mass is 10.9. The van der Waals surface area contributed by atoms with Crippen molar-refractivity contribution in [3.63, 3.8) is 0 Å². The predicted molar refractivity (Wildman–Crippen MR) is 68.9 cm³/mol. The maximum Gasteiger partial charge on any atom is 0.234 e. The van der Waals surface area contributed by atoms with E-state index in [2.05, 4.69) is 32.7 Å². The summed E-state index contributed by atoms with van der Waals surface area (Å²) in [5.41, 5.74) is 0. The molecule has 0 heterocycles. The maximum atomic E-state index is 10.2. The highest BCUT2D eigenvalue weighted by Gasteiger charge is 2.33. The van der Waals surface area contributed by atoms with Crippen LogP contribution in [0.25, 0.3) is 0 Å². The molecule has 0 aromatic heterocycles. The van der Waals surface area contributed by atoms with Gasteiger partial charge in [-0.3, -0.25) is 0 Å². The molecule has 0 spiro atoms. The molecule has 88 valence electrons. The van der Waals surface area contributed by atoms with Gasteiger partial charge >= 0.3 is 0 Å². The van der Waals surface area contributed by atoms with Crippen molar-refractivity contribution in [2.24, 2.45) is 4.99 Å². The maximum absolute atomic E-state index is 10.2. The van der Waals surface area contributed by atoms with Crippen LogP contribution in [0.3, 0.4) is 0 Å². The van der Waals surface area contributed by atoms with Crippen molar-refractivity contribution in [3.05, 3.63) is 0 Å². The Balaban J connectivity index is 4.52. The molecule has 0 aromatic carbocycles. The van der Waals surface area contributed by atoms with Gasteiger partial charge in [-0.05, 0) is 24.2 Å². The van der Waals surface area contributed by atoms with Crippen molar-refractivity contribution in [1.82, 2.24) is 0 Å². The molecule has 0 fully saturated rings. The minimum Gasteiger partial charge on any atom is -0.456 e. The van der Waals surface area contributed by atoms with Crippen LogP contribution >= 0.6 is 0 Å². The second-order valence-corrected chi connectivity index (χ2v) is 11.8. The summed E-state index contributed by atoms with van der Waals surface area (Å²) in [7, 11) is -2.76. The molecule has 0 saturated heterocycles. The lowest BCUT2D eigenvalue weighted by molar-refractivity contribution is 0.537. The quantitative estimate of drug-likeness (QED) is 0.374. The van der Waals surface area contributed by atoms with Crippen molar-refractivity contribution >= 4 is 23.4 Å². The minimum atomic E-state index is -1.74. The van der Waals surface area contributed by atoms with E-state index in [1.807, 2.05) is 0 Å². The molecule has 0 saturated carbocycles. The van der Waals surface area contributed by atoms with Crippen molar-refractivity contribution in [1.29, 1.82) is 0 Å². The summed E-state index contributed by atoms with van der Waals surface area (Å²) in [5, 5.41) is 0. The number of carbonyl (C=O) groups excluding carboxylic acids is 1. The van der Waals surface area contributed by atoms with Crippen LogP contribution in [0.5, 0.6) is 0 Å². The molecule has 15 heavy (non-hydrogen) atoms. The van der Waals surface area contributed by atoms with E-state index in [1.54, 1.807) is 6.08 Å². The summed E-state index contributed by atoms with van der Waals surface area (Å²) in [6.45, 7) is 8.72. The van der Waals surface area contributed by atoms with Gasteiger partial charge in [0.1, 0.15) is 0 Å². The average Bonchev–Trinajstić information content (AvgIpc) is 2.30. The van der Waals surface area contributed by atoms with E-state index >= 15 is 0 Å². The fourth-order valence-corrected chi connectivity index (χ4v) is 9.33. The molecule has 0 aromatic rings. The van der Waals surface area contributed by atoms with Crippen LogP contribution in [-0.2, 0) is 8.91 Å². The Morgan fingerprint density at radius 3 is 2.07 bits per heavy atom. The van der Waals surface area contributed by atoms with Crippen molar-refractivity contribution in [3.8, 4) is 0 Å². The molecule has 0 radical (unpaired) electrons. The highest BCUT2D eigenvalue weighted by atomic mass is 28.4. The molecule has 0 unspecified atom stereocenters. The van der Waals surface area contributed by atoms with Gasteiger partial charge in [-0.25, -0.2) is 9.79 Å². The van der Waals surface area contributed by atoms with Crippen LogP contribution in [0.4, 0.5) is 0 Å². The third-order valence-electron chi connectivity index (χ3n) is 3.05. The van der Waals surface area contributed by atoms with E-state index in [4.69, 9.17) is 4.12 Å². The predicted octanol–water partition coefficient (Wildman–Crippen LogP) is 2.63. The topological polar surface area (TPSA) is 38.7 Å². The highest BCUT2D eigenvalue weighted by molar-refractivity contribution is 6.80. The summed E-state index contributed by atoms with van der Waals surface area (Å²) >= 11 is 0. The van der Waals surface area contributed by atoms with Crippen LogP contribution in [0, 0.1) is 0 Å². The van der Waals surface area contributed by atoms with E-state index in [-0.39, 0.29) is 0 Å². The van der Waals surface area contributed by atoms with E-state index in [0.29, 0.717) is 6.17 Å². The zero-order chi connectivity index (χ0) is 11.7. The van der Waals surface area contributed by atoms with Crippen molar-refractivity contribution in [2.75, 3.05) is 6.17 Å². The summed E-state index contributed by atoms with van der Waals surface area (Å²) in [6.07, 6.45) is 2.25. The molecule has 0 aliphatic carbocycles. The summed E-state index contributed by atoms with van der Waals surface area (Å²) in [6, 6.07) is 4.46. The van der Waals surface area contributed by atoms with Crippen LogP contribution in [0.2, 0.25) is 24.2 Å². The molecule has 5 heteroatoms. The van der Waals surface area contributed by atoms with Crippen LogP contribution in [-0.4, -0.2) is 29.6 Å². The number of hydrogen-bond donors (Lipinski definition) is 0. The van der Waals surface area contributed by atoms with Gasteiger partial charge in [-0.2, -0.15) is 0 Å². The Morgan fingerprint density at radius 1 is 1.20 bits per heavy atom. The second-order valence-electron chi connectivity index (χ2n) is 3.85. The number of hydrogen-bond acceptors (Lipinski definition) is 3. The first-order valence-electron chi connectivity index (χ1n) is 5.89. The number of nitrogens with zero attached hydrogens (tertiary/aromatic N) is 1. The summed E-state index contributed by atoms with van der Waals surface area (Å²) in [5.74, 6) is 0. The Morgan fingerprint density at radius 2 is 1.73 bits per heavy atom. The van der Waals surface area contributed by atoms with Gasteiger partial charge in [0.25, 0.3) is 0 Å². The molecule has 0 bridgehead atoms. The summed E-state index contributed by atoms with van der Waals surface area (Å²) in [4.78, 5) is 14.0. The molecule has 0 amide bonds. The first-order valence-corrected chi connectivity index (χ1v) is 10.5. The number of aliphatic imine (C=N–C) groups is 1. The lowest BCUT2D eigenvalue weighted by Crippen LogP contribution is -2.45. The second kappa shape index (κ2) is 7.99. The van der Waals surface area contributed by atoms with Gasteiger partial charge < -0.3 is 4.12 Å². The zero-order valence-electron chi connectivity index (χ0n) is 10.4.